The number of nitrogens with two attached hydrogens (primary N) is 1. The molecule has 0 unspecified atom stereocenters. The molecular weight excluding hydrogens is 327 g/mol. The number of amides is 2. The molecule has 0 saturated heterocycles. The molecule has 0 bridgehead atoms. The minimum absolute atomic E-state index is 0.0549. The number of nitrogens with zero attached hydrogens (tertiary/aromatic N) is 1. The van der Waals surface area contributed by atoms with Crippen LogP contribution >= 0.6 is 0 Å². The van der Waals surface area contributed by atoms with E-state index in [0.29, 0.717) is 6.42 Å². The number of rotatable bonds is 7. The van der Waals surface area contributed by atoms with Crippen LogP contribution in [0.15, 0.2) is 24.3 Å². The summed E-state index contributed by atoms with van der Waals surface area (Å²) in [6.07, 6.45) is -5.66. The summed E-state index contributed by atoms with van der Waals surface area (Å²) < 4.78 is 37.4. The van der Waals surface area contributed by atoms with E-state index in [1.165, 1.54) is 0 Å². The fraction of sp³-hybridized carbons (Fsp3) is 0.400. The Bertz CT molecular complexity index is 624. The van der Waals surface area contributed by atoms with Crippen LogP contribution in [-0.4, -0.2) is 23.0 Å². The predicted octanol–water partition coefficient (Wildman–Crippen LogP) is 1.40. The lowest BCUT2D eigenvalue weighted by Crippen LogP contribution is -2.46. The highest BCUT2D eigenvalue weighted by Crippen LogP contribution is 2.29. The Morgan fingerprint density at radius 2 is 1.88 bits per heavy atom. The lowest BCUT2D eigenvalue weighted by Gasteiger charge is -2.18. The average molecular weight is 343 g/mol. The number of carbonyl (C=O) groups is 2. The fourth-order valence-electron chi connectivity index (χ4n) is 1.93. The van der Waals surface area contributed by atoms with Crippen LogP contribution in [0.1, 0.15) is 36.5 Å². The van der Waals surface area contributed by atoms with Gasteiger partial charge in [-0.2, -0.15) is 18.4 Å². The van der Waals surface area contributed by atoms with Crippen molar-refractivity contribution in [3.05, 3.63) is 35.4 Å². The van der Waals surface area contributed by atoms with Crippen LogP contribution in [0.3, 0.4) is 0 Å². The molecule has 24 heavy (non-hydrogen) atoms. The molecule has 0 fully saturated rings. The van der Waals surface area contributed by atoms with Crippen molar-refractivity contribution >= 4 is 11.8 Å². The number of benzene rings is 1. The molecule has 0 saturated carbocycles. The molecule has 130 valence electrons. The number of unbranched alkanes of at least 4 members (excludes halogenated alkanes) is 1. The van der Waals surface area contributed by atoms with Gasteiger partial charge >= 0.3 is 6.18 Å². The van der Waals surface area contributed by atoms with Gasteiger partial charge in [-0.1, -0.05) is 12.1 Å². The molecule has 0 aliphatic heterocycles. The lowest BCUT2D eigenvalue weighted by atomic mass is 10.0. The summed E-state index contributed by atoms with van der Waals surface area (Å²) in [6.45, 7) is 0. The van der Waals surface area contributed by atoms with Crippen molar-refractivity contribution in [3.63, 3.8) is 0 Å². The van der Waals surface area contributed by atoms with E-state index >= 15 is 0 Å². The van der Waals surface area contributed by atoms with Gasteiger partial charge in [-0.15, -0.1) is 0 Å². The number of alkyl halides is 3. The van der Waals surface area contributed by atoms with E-state index in [2.05, 4.69) is 5.32 Å². The van der Waals surface area contributed by atoms with Gasteiger partial charge in [0.05, 0.1) is 11.6 Å². The fourth-order valence-corrected chi connectivity index (χ4v) is 1.93. The van der Waals surface area contributed by atoms with Gasteiger partial charge in [-0.25, -0.2) is 0 Å². The summed E-state index contributed by atoms with van der Waals surface area (Å²) in [5.41, 5.74) is 4.16. The van der Waals surface area contributed by atoms with Gasteiger partial charge in [-0.05, 0) is 30.5 Å². The zero-order valence-corrected chi connectivity index (χ0v) is 12.5. The van der Waals surface area contributed by atoms with Crippen molar-refractivity contribution < 1.29 is 27.9 Å². The van der Waals surface area contributed by atoms with Crippen LogP contribution in [-0.2, 0) is 15.8 Å². The van der Waals surface area contributed by atoms with E-state index in [4.69, 9.17) is 11.0 Å². The Morgan fingerprint density at radius 3 is 2.33 bits per heavy atom. The molecule has 0 radical (unpaired) electrons. The van der Waals surface area contributed by atoms with Crippen LogP contribution in [0.25, 0.3) is 0 Å². The number of hydrogen-bond donors (Lipinski definition) is 3. The normalized spacial score (nSPS) is 13.6. The molecule has 1 aromatic rings. The van der Waals surface area contributed by atoms with Gasteiger partial charge < -0.3 is 16.2 Å². The molecule has 0 spiro atoms. The largest absolute Gasteiger partial charge is 0.416 e. The Hall–Kier alpha value is -2.60. The van der Waals surface area contributed by atoms with Crippen LogP contribution in [0, 0.1) is 11.3 Å². The zero-order valence-electron chi connectivity index (χ0n) is 12.5. The summed E-state index contributed by atoms with van der Waals surface area (Å²) in [5.74, 6) is -1.79. The molecule has 9 heteroatoms. The average Bonchev–Trinajstić information content (AvgIpc) is 2.52. The van der Waals surface area contributed by atoms with Crippen molar-refractivity contribution in [3.8, 4) is 6.07 Å². The quantitative estimate of drug-likeness (QED) is 0.649. The summed E-state index contributed by atoms with van der Waals surface area (Å²) in [5, 5.41) is 20.6. The number of aliphatic hydroxyl groups excluding tert-OH is 1. The maximum absolute atomic E-state index is 12.5. The minimum Gasteiger partial charge on any atom is -0.378 e. The highest BCUT2D eigenvalue weighted by molar-refractivity contribution is 5.88. The van der Waals surface area contributed by atoms with Crippen LogP contribution < -0.4 is 11.1 Å². The number of aliphatic hydroxyl groups is 1. The number of nitrogens with one attached hydrogen (secondary N) is 1. The predicted molar refractivity (Wildman–Crippen MR) is 77.0 cm³/mol. The number of hydrogen-bond acceptors (Lipinski definition) is 4. The number of carbonyl (C=O) groups excluding carboxylic acids is 2. The summed E-state index contributed by atoms with van der Waals surface area (Å²) in [4.78, 5) is 23.2. The van der Waals surface area contributed by atoms with E-state index in [1.807, 2.05) is 6.07 Å². The molecular formula is C15H16F3N3O3. The molecule has 0 heterocycles. The monoisotopic (exact) mass is 343 g/mol. The number of halogens is 3. The SMILES string of the molecule is N#CCCC[C@H](NC(=O)[C@@H](O)c1ccc(C(F)(F)F)cc1)C(N)=O. The maximum atomic E-state index is 12.5. The second kappa shape index (κ2) is 8.31. The summed E-state index contributed by atoms with van der Waals surface area (Å²) in [6, 6.07) is 4.23. The maximum Gasteiger partial charge on any atom is 0.416 e. The van der Waals surface area contributed by atoms with E-state index < -0.39 is 35.7 Å². The van der Waals surface area contributed by atoms with Crippen molar-refractivity contribution in [1.29, 1.82) is 5.26 Å². The van der Waals surface area contributed by atoms with E-state index in [-0.39, 0.29) is 18.4 Å². The first-order valence-corrected chi connectivity index (χ1v) is 6.98. The third-order valence-corrected chi connectivity index (χ3v) is 3.24. The van der Waals surface area contributed by atoms with Gasteiger partial charge in [0.15, 0.2) is 6.10 Å². The van der Waals surface area contributed by atoms with Gasteiger partial charge in [0, 0.05) is 6.42 Å². The third-order valence-electron chi connectivity index (χ3n) is 3.24. The molecule has 0 aliphatic rings. The Kier molecular flexibility index (Phi) is 6.73. The smallest absolute Gasteiger partial charge is 0.378 e. The second-order valence-electron chi connectivity index (χ2n) is 5.04. The van der Waals surface area contributed by atoms with Crippen LogP contribution in [0.5, 0.6) is 0 Å². The zero-order chi connectivity index (χ0) is 18.3. The molecule has 1 rings (SSSR count). The standard InChI is InChI=1S/C15H16F3N3O3/c16-15(17,18)10-6-4-9(5-7-10)12(22)14(24)21-11(13(20)23)3-1-2-8-19/h4-7,11-12,22H,1-3H2,(H2,20,23)(H,21,24)/t11-,12-/m0/s1. The minimum atomic E-state index is -4.52. The third kappa shape index (κ3) is 5.55. The van der Waals surface area contributed by atoms with Gasteiger partial charge in [0.25, 0.3) is 5.91 Å². The van der Waals surface area contributed by atoms with E-state index in [0.717, 1.165) is 24.3 Å². The number of nitriles is 1. The van der Waals surface area contributed by atoms with Crippen LogP contribution in [0.2, 0.25) is 0 Å². The summed E-state index contributed by atoms with van der Waals surface area (Å²) >= 11 is 0. The first-order valence-electron chi connectivity index (χ1n) is 6.98. The molecule has 2 amide bonds. The van der Waals surface area contributed by atoms with E-state index in [1.54, 1.807) is 0 Å². The molecule has 4 N–H and O–H groups in total. The van der Waals surface area contributed by atoms with Crippen molar-refractivity contribution in [2.24, 2.45) is 5.73 Å². The van der Waals surface area contributed by atoms with Crippen LogP contribution in [0.4, 0.5) is 13.2 Å². The molecule has 0 aromatic heterocycles. The molecule has 0 aliphatic carbocycles. The van der Waals surface area contributed by atoms with Crippen molar-refractivity contribution in [2.75, 3.05) is 0 Å². The molecule has 1 aromatic carbocycles. The first-order chi connectivity index (χ1) is 11.2. The second-order valence-corrected chi connectivity index (χ2v) is 5.04. The highest BCUT2D eigenvalue weighted by atomic mass is 19.4. The van der Waals surface area contributed by atoms with Crippen molar-refractivity contribution in [1.82, 2.24) is 5.32 Å². The Labute approximate surface area is 136 Å². The highest BCUT2D eigenvalue weighted by Gasteiger charge is 2.31. The lowest BCUT2D eigenvalue weighted by molar-refractivity contribution is -0.137. The molecule has 2 atom stereocenters. The Balaban J connectivity index is 2.75. The Morgan fingerprint density at radius 1 is 1.29 bits per heavy atom. The molecule has 6 nitrogen and oxygen atoms in total. The van der Waals surface area contributed by atoms with Crippen molar-refractivity contribution in [2.45, 2.75) is 37.6 Å². The van der Waals surface area contributed by atoms with Gasteiger partial charge in [0.2, 0.25) is 5.91 Å². The van der Waals surface area contributed by atoms with E-state index in [9.17, 15) is 27.9 Å². The summed E-state index contributed by atoms with van der Waals surface area (Å²) in [7, 11) is 0. The topological polar surface area (TPSA) is 116 Å². The van der Waals surface area contributed by atoms with Gasteiger partial charge in [0.1, 0.15) is 6.04 Å². The first kappa shape index (κ1) is 19.4. The number of primary amides is 1. The van der Waals surface area contributed by atoms with Gasteiger partial charge in [-0.3, -0.25) is 9.59 Å².